The zero-order valence-electron chi connectivity index (χ0n) is 10.6. The van der Waals surface area contributed by atoms with E-state index in [1.807, 2.05) is 0 Å². The quantitative estimate of drug-likeness (QED) is 0.493. The molecule has 6 nitrogen and oxygen atoms in total. The van der Waals surface area contributed by atoms with Crippen molar-refractivity contribution in [2.24, 2.45) is 0 Å². The third kappa shape index (κ3) is 2.65. The Hall–Kier alpha value is -2.34. The number of nitrogens with zero attached hydrogens (tertiary/aromatic N) is 2. The molecule has 1 aromatic heterocycles. The van der Waals surface area contributed by atoms with E-state index in [4.69, 9.17) is 11.6 Å². The number of benzene rings is 1. The Labute approximate surface area is 119 Å². The highest BCUT2D eigenvalue weighted by atomic mass is 35.5. The van der Waals surface area contributed by atoms with Crippen LogP contribution in [0.4, 0.5) is 5.69 Å². The molecule has 2 aromatic rings. The van der Waals surface area contributed by atoms with Gasteiger partial charge in [-0.1, -0.05) is 29.8 Å². The third-order valence-electron chi connectivity index (χ3n) is 2.84. The first-order chi connectivity index (χ1) is 9.54. The molecule has 0 spiro atoms. The summed E-state index contributed by atoms with van der Waals surface area (Å²) in [6, 6.07) is 9.36. The molecule has 0 amide bonds. The van der Waals surface area contributed by atoms with E-state index in [9.17, 15) is 14.9 Å². The molecule has 0 radical (unpaired) electrons. The normalized spacial score (nSPS) is 10.3. The molecule has 0 fully saturated rings. The highest BCUT2D eigenvalue weighted by Crippen LogP contribution is 2.23. The highest BCUT2D eigenvalue weighted by Gasteiger charge is 2.18. The van der Waals surface area contributed by atoms with Crippen molar-refractivity contribution in [2.75, 3.05) is 7.11 Å². The first-order valence-corrected chi connectivity index (χ1v) is 6.08. The van der Waals surface area contributed by atoms with Crippen molar-refractivity contribution in [3.63, 3.8) is 0 Å². The van der Waals surface area contributed by atoms with Gasteiger partial charge in [0, 0.05) is 11.6 Å². The van der Waals surface area contributed by atoms with E-state index in [0.717, 1.165) is 0 Å². The van der Waals surface area contributed by atoms with Gasteiger partial charge in [0.2, 0.25) is 0 Å². The summed E-state index contributed by atoms with van der Waals surface area (Å²) in [5, 5.41) is 11.3. The second kappa shape index (κ2) is 5.75. The van der Waals surface area contributed by atoms with Crippen LogP contribution in [-0.2, 0) is 11.3 Å². The molecule has 0 aliphatic rings. The standard InChI is InChI=1S/C13H11ClN2O4/c1-20-13(17)11-6-7-12(14)15(11)8-9-4-2-3-5-10(9)16(18)19/h2-7H,8H2,1H3. The van der Waals surface area contributed by atoms with Crippen LogP contribution < -0.4 is 0 Å². The molecule has 0 aliphatic carbocycles. The van der Waals surface area contributed by atoms with E-state index in [0.29, 0.717) is 10.7 Å². The summed E-state index contributed by atoms with van der Waals surface area (Å²) < 4.78 is 6.12. The fourth-order valence-corrected chi connectivity index (χ4v) is 2.09. The van der Waals surface area contributed by atoms with Crippen LogP contribution in [0.2, 0.25) is 5.15 Å². The molecular weight excluding hydrogens is 284 g/mol. The van der Waals surface area contributed by atoms with Crippen LogP contribution in [0.1, 0.15) is 16.1 Å². The number of methoxy groups -OCH3 is 1. The minimum Gasteiger partial charge on any atom is -0.464 e. The van der Waals surface area contributed by atoms with Crippen LogP contribution in [0.5, 0.6) is 0 Å². The number of ether oxygens (including phenoxy) is 1. The van der Waals surface area contributed by atoms with Crippen LogP contribution in [0, 0.1) is 10.1 Å². The van der Waals surface area contributed by atoms with Crippen LogP contribution >= 0.6 is 11.6 Å². The molecule has 2 rings (SSSR count). The molecule has 1 aromatic carbocycles. The largest absolute Gasteiger partial charge is 0.464 e. The number of aromatic nitrogens is 1. The zero-order valence-corrected chi connectivity index (χ0v) is 11.3. The minimum absolute atomic E-state index is 0.0203. The van der Waals surface area contributed by atoms with Crippen molar-refractivity contribution >= 4 is 23.3 Å². The lowest BCUT2D eigenvalue weighted by Crippen LogP contribution is -2.12. The van der Waals surface area contributed by atoms with Gasteiger partial charge in [-0.3, -0.25) is 10.1 Å². The van der Waals surface area contributed by atoms with Gasteiger partial charge >= 0.3 is 5.97 Å². The summed E-state index contributed by atoms with van der Waals surface area (Å²) in [4.78, 5) is 22.1. The number of halogens is 1. The van der Waals surface area contributed by atoms with Crippen molar-refractivity contribution in [3.8, 4) is 0 Å². The molecule has 0 bridgehead atoms. The van der Waals surface area contributed by atoms with Gasteiger partial charge in [0.05, 0.1) is 18.6 Å². The van der Waals surface area contributed by atoms with Gasteiger partial charge in [0.15, 0.2) is 0 Å². The van der Waals surface area contributed by atoms with Crippen molar-refractivity contribution < 1.29 is 14.5 Å². The minimum atomic E-state index is -0.546. The molecule has 1 heterocycles. The van der Waals surface area contributed by atoms with E-state index < -0.39 is 10.9 Å². The van der Waals surface area contributed by atoms with Gasteiger partial charge in [-0.15, -0.1) is 0 Å². The molecule has 7 heteroatoms. The summed E-state index contributed by atoms with van der Waals surface area (Å²) in [5.41, 5.74) is 0.685. The van der Waals surface area contributed by atoms with Crippen LogP contribution in [0.25, 0.3) is 0 Å². The molecule has 0 aliphatic heterocycles. The van der Waals surface area contributed by atoms with Gasteiger partial charge in [0.25, 0.3) is 5.69 Å². The van der Waals surface area contributed by atoms with Crippen LogP contribution in [0.3, 0.4) is 0 Å². The van der Waals surface area contributed by atoms with E-state index >= 15 is 0 Å². The van der Waals surface area contributed by atoms with E-state index in [-0.39, 0.29) is 17.9 Å². The summed E-state index contributed by atoms with van der Waals surface area (Å²) in [7, 11) is 1.26. The Kier molecular flexibility index (Phi) is 4.05. The number of para-hydroxylation sites is 1. The van der Waals surface area contributed by atoms with Crippen molar-refractivity contribution in [3.05, 3.63) is 62.9 Å². The topological polar surface area (TPSA) is 74.4 Å². The number of rotatable bonds is 4. The van der Waals surface area contributed by atoms with E-state index in [1.54, 1.807) is 24.3 Å². The maximum atomic E-state index is 11.6. The summed E-state index contributed by atoms with van der Waals surface area (Å²) in [5.74, 6) is -0.546. The molecule has 0 N–H and O–H groups in total. The van der Waals surface area contributed by atoms with E-state index in [1.165, 1.54) is 23.8 Å². The average molecular weight is 295 g/mol. The third-order valence-corrected chi connectivity index (χ3v) is 3.17. The number of hydrogen-bond acceptors (Lipinski definition) is 4. The highest BCUT2D eigenvalue weighted by molar-refractivity contribution is 6.30. The first kappa shape index (κ1) is 14.1. The molecule has 0 saturated heterocycles. The van der Waals surface area contributed by atoms with Crippen LogP contribution in [0.15, 0.2) is 36.4 Å². The SMILES string of the molecule is COC(=O)c1ccc(Cl)n1Cc1ccccc1[N+](=O)[O-]. The number of esters is 1. The van der Waals surface area contributed by atoms with Crippen LogP contribution in [-0.4, -0.2) is 22.6 Å². The van der Waals surface area contributed by atoms with Crippen molar-refractivity contribution in [1.29, 1.82) is 0 Å². The van der Waals surface area contributed by atoms with Crippen molar-refractivity contribution in [2.45, 2.75) is 6.54 Å². The Bertz CT molecular complexity index is 666. The molecule has 0 unspecified atom stereocenters. The first-order valence-electron chi connectivity index (χ1n) is 5.70. The van der Waals surface area contributed by atoms with Gasteiger partial charge < -0.3 is 9.30 Å². The monoisotopic (exact) mass is 294 g/mol. The Morgan fingerprint density at radius 3 is 2.70 bits per heavy atom. The van der Waals surface area contributed by atoms with Gasteiger partial charge in [-0.25, -0.2) is 4.79 Å². The summed E-state index contributed by atoms with van der Waals surface area (Å²) >= 11 is 6.01. The average Bonchev–Trinajstić information content (AvgIpc) is 2.80. The predicted octanol–water partition coefficient (Wildman–Crippen LogP) is 2.88. The molecule has 20 heavy (non-hydrogen) atoms. The fraction of sp³-hybridized carbons (Fsp3) is 0.154. The molecular formula is C13H11ClN2O4. The maximum Gasteiger partial charge on any atom is 0.354 e. The second-order valence-electron chi connectivity index (χ2n) is 4.00. The predicted molar refractivity (Wildman–Crippen MR) is 73.0 cm³/mol. The number of nitro benzene ring substituents is 1. The second-order valence-corrected chi connectivity index (χ2v) is 4.39. The number of carbonyl (C=O) groups is 1. The lowest BCUT2D eigenvalue weighted by atomic mass is 10.2. The number of nitro groups is 1. The fourth-order valence-electron chi connectivity index (χ4n) is 1.88. The zero-order chi connectivity index (χ0) is 14.7. The lowest BCUT2D eigenvalue weighted by molar-refractivity contribution is -0.385. The smallest absolute Gasteiger partial charge is 0.354 e. The molecule has 0 atom stereocenters. The Balaban J connectivity index is 2.43. The molecule has 104 valence electrons. The maximum absolute atomic E-state index is 11.6. The lowest BCUT2D eigenvalue weighted by Gasteiger charge is -2.09. The number of hydrogen-bond donors (Lipinski definition) is 0. The summed E-state index contributed by atoms with van der Waals surface area (Å²) in [6.45, 7) is 0.118. The number of carbonyl (C=O) groups excluding carboxylic acids is 1. The van der Waals surface area contributed by atoms with Crippen molar-refractivity contribution in [1.82, 2.24) is 4.57 Å². The summed E-state index contributed by atoms with van der Waals surface area (Å²) in [6.07, 6.45) is 0. The van der Waals surface area contributed by atoms with Gasteiger partial charge in [0.1, 0.15) is 10.8 Å². The van der Waals surface area contributed by atoms with Gasteiger partial charge in [-0.05, 0) is 12.1 Å². The molecule has 0 saturated carbocycles. The Morgan fingerprint density at radius 2 is 2.05 bits per heavy atom. The van der Waals surface area contributed by atoms with Gasteiger partial charge in [-0.2, -0.15) is 0 Å². The Morgan fingerprint density at radius 1 is 1.35 bits per heavy atom. The van der Waals surface area contributed by atoms with E-state index in [2.05, 4.69) is 4.74 Å².